The summed E-state index contributed by atoms with van der Waals surface area (Å²) in [5.41, 5.74) is 2.31. The van der Waals surface area contributed by atoms with E-state index in [4.69, 9.17) is 5.11 Å². The van der Waals surface area contributed by atoms with E-state index in [1.807, 2.05) is 18.7 Å². The third kappa shape index (κ3) is 5.32. The first-order chi connectivity index (χ1) is 13.3. The van der Waals surface area contributed by atoms with Gasteiger partial charge in [-0.2, -0.15) is 0 Å². The number of carboxylic acids is 2. The van der Waals surface area contributed by atoms with E-state index in [1.165, 1.54) is 12.4 Å². The Morgan fingerprint density at radius 2 is 1.86 bits per heavy atom. The smallest absolute Gasteiger partial charge is 0.354 e. The van der Waals surface area contributed by atoms with Crippen molar-refractivity contribution in [3.63, 3.8) is 0 Å². The highest BCUT2D eigenvalue weighted by molar-refractivity contribution is 5.87. The Balaban J connectivity index is 0.000000237. The lowest BCUT2D eigenvalue weighted by atomic mass is 10.1. The zero-order valence-corrected chi connectivity index (χ0v) is 16.1. The summed E-state index contributed by atoms with van der Waals surface area (Å²) in [5.74, 6) is -1.48. The average Bonchev–Trinajstić information content (AvgIpc) is 2.68. The summed E-state index contributed by atoms with van der Waals surface area (Å²) in [7, 11) is 0. The first kappa shape index (κ1) is 20.9. The van der Waals surface area contributed by atoms with E-state index in [9.17, 15) is 14.7 Å². The molecule has 0 saturated heterocycles. The highest BCUT2D eigenvalue weighted by atomic mass is 16.4. The van der Waals surface area contributed by atoms with Crippen LogP contribution in [0.15, 0.2) is 24.5 Å². The van der Waals surface area contributed by atoms with E-state index in [0.717, 1.165) is 30.8 Å². The number of nitrogens with zero attached hydrogens (tertiary/aromatic N) is 5. The van der Waals surface area contributed by atoms with Crippen molar-refractivity contribution in [3.8, 4) is 0 Å². The molecule has 3 heterocycles. The van der Waals surface area contributed by atoms with Gasteiger partial charge in [-0.3, -0.25) is 0 Å². The van der Waals surface area contributed by atoms with Gasteiger partial charge in [0.25, 0.3) is 0 Å². The van der Waals surface area contributed by atoms with Gasteiger partial charge in [-0.1, -0.05) is 19.1 Å². The van der Waals surface area contributed by atoms with Crippen molar-refractivity contribution in [1.82, 2.24) is 19.9 Å². The van der Waals surface area contributed by atoms with Crippen molar-refractivity contribution in [3.05, 3.63) is 52.9 Å². The number of hydrogen-bond donors (Lipinski definition) is 2. The SMILES string of the molecule is CCc1c(C)nc(N2CC=CCC2)nc1C(=O)O.Cc1cc(C(=O)O)ncn1. The number of carboxylic acid groups (broad SMARTS) is 2. The number of aromatic carboxylic acids is 2. The molecule has 0 aliphatic carbocycles. The Bertz CT molecular complexity index is 898. The van der Waals surface area contributed by atoms with Crippen LogP contribution in [0, 0.1) is 13.8 Å². The van der Waals surface area contributed by atoms with Crippen LogP contribution in [0.25, 0.3) is 0 Å². The number of carbonyl (C=O) groups is 2. The lowest BCUT2D eigenvalue weighted by Crippen LogP contribution is -2.29. The van der Waals surface area contributed by atoms with Crippen LogP contribution in [-0.4, -0.2) is 55.2 Å². The Labute approximate surface area is 162 Å². The second-order valence-electron chi connectivity index (χ2n) is 6.15. The molecule has 1 aliphatic heterocycles. The first-order valence-corrected chi connectivity index (χ1v) is 8.86. The van der Waals surface area contributed by atoms with E-state index in [1.54, 1.807) is 6.92 Å². The van der Waals surface area contributed by atoms with Gasteiger partial charge < -0.3 is 15.1 Å². The first-order valence-electron chi connectivity index (χ1n) is 8.86. The molecule has 9 heteroatoms. The number of anilines is 1. The standard InChI is InChI=1S/C13H17N3O2.C6H6N2O2/c1-3-10-9(2)14-13(15-11(10)12(17)18)16-7-5-4-6-8-16;1-4-2-5(6(9)10)8-3-7-4/h4-5H,3,6-8H2,1-2H3,(H,17,18);2-3H,1H3,(H,9,10). The van der Waals surface area contributed by atoms with Gasteiger partial charge in [0.15, 0.2) is 11.4 Å². The van der Waals surface area contributed by atoms with Crippen molar-refractivity contribution in [2.45, 2.75) is 33.6 Å². The van der Waals surface area contributed by atoms with Crippen molar-refractivity contribution < 1.29 is 19.8 Å². The lowest BCUT2D eigenvalue weighted by molar-refractivity contribution is 0.0679. The van der Waals surface area contributed by atoms with Crippen molar-refractivity contribution in [2.24, 2.45) is 0 Å². The maximum Gasteiger partial charge on any atom is 0.354 e. The third-order valence-electron chi connectivity index (χ3n) is 4.12. The van der Waals surface area contributed by atoms with Crippen LogP contribution in [0.1, 0.15) is 51.3 Å². The summed E-state index contributed by atoms with van der Waals surface area (Å²) in [6, 6.07) is 1.42. The topological polar surface area (TPSA) is 129 Å². The molecule has 0 unspecified atom stereocenters. The second kappa shape index (κ2) is 9.54. The van der Waals surface area contributed by atoms with Gasteiger partial charge in [0.05, 0.1) is 0 Å². The Hall–Kier alpha value is -3.36. The van der Waals surface area contributed by atoms with E-state index in [2.05, 4.69) is 32.1 Å². The fourth-order valence-electron chi connectivity index (χ4n) is 2.72. The summed E-state index contributed by atoms with van der Waals surface area (Å²) >= 11 is 0. The summed E-state index contributed by atoms with van der Waals surface area (Å²) in [4.78, 5) is 39.4. The third-order valence-corrected chi connectivity index (χ3v) is 4.12. The molecule has 0 bridgehead atoms. The minimum absolute atomic E-state index is 0.0347. The van der Waals surface area contributed by atoms with Gasteiger partial charge in [-0.25, -0.2) is 29.5 Å². The number of aromatic nitrogens is 4. The summed E-state index contributed by atoms with van der Waals surface area (Å²) in [6.07, 6.45) is 6.98. The predicted octanol–water partition coefficient (Wildman–Crippen LogP) is 2.30. The fourth-order valence-corrected chi connectivity index (χ4v) is 2.72. The molecule has 1 aliphatic rings. The van der Waals surface area contributed by atoms with Crippen LogP contribution in [0.5, 0.6) is 0 Å². The van der Waals surface area contributed by atoms with Crippen LogP contribution in [0.3, 0.4) is 0 Å². The molecule has 9 nitrogen and oxygen atoms in total. The largest absolute Gasteiger partial charge is 0.477 e. The molecule has 0 radical (unpaired) electrons. The summed E-state index contributed by atoms with van der Waals surface area (Å²) in [6.45, 7) is 7.05. The molecule has 148 valence electrons. The van der Waals surface area contributed by atoms with Crippen molar-refractivity contribution in [1.29, 1.82) is 0 Å². The van der Waals surface area contributed by atoms with E-state index >= 15 is 0 Å². The van der Waals surface area contributed by atoms with E-state index in [0.29, 0.717) is 18.1 Å². The second-order valence-corrected chi connectivity index (χ2v) is 6.15. The van der Waals surface area contributed by atoms with Crippen molar-refractivity contribution in [2.75, 3.05) is 18.0 Å². The monoisotopic (exact) mass is 385 g/mol. The molecule has 0 spiro atoms. The van der Waals surface area contributed by atoms with Gasteiger partial charge in [-0.15, -0.1) is 0 Å². The highest BCUT2D eigenvalue weighted by Gasteiger charge is 2.19. The van der Waals surface area contributed by atoms with E-state index < -0.39 is 11.9 Å². The van der Waals surface area contributed by atoms with Crippen LogP contribution in [0.2, 0.25) is 0 Å². The molecule has 0 fully saturated rings. The minimum atomic E-state index is -1.02. The number of rotatable bonds is 4. The van der Waals surface area contributed by atoms with Crippen LogP contribution >= 0.6 is 0 Å². The minimum Gasteiger partial charge on any atom is -0.477 e. The maximum absolute atomic E-state index is 11.2. The fraction of sp³-hybridized carbons (Fsp3) is 0.368. The van der Waals surface area contributed by atoms with Crippen LogP contribution in [-0.2, 0) is 6.42 Å². The molecule has 3 rings (SSSR count). The molecular weight excluding hydrogens is 362 g/mol. The van der Waals surface area contributed by atoms with Gasteiger partial charge in [-0.05, 0) is 32.8 Å². The van der Waals surface area contributed by atoms with Gasteiger partial charge in [0, 0.05) is 30.0 Å². The molecule has 0 saturated carbocycles. The zero-order chi connectivity index (χ0) is 20.7. The van der Waals surface area contributed by atoms with E-state index in [-0.39, 0.29) is 11.4 Å². The molecule has 0 amide bonds. The Morgan fingerprint density at radius 3 is 2.36 bits per heavy atom. The van der Waals surface area contributed by atoms with Crippen molar-refractivity contribution >= 4 is 17.9 Å². The molecular formula is C19H23N5O4. The molecule has 2 aromatic rings. The normalized spacial score (nSPS) is 12.9. The highest BCUT2D eigenvalue weighted by Crippen LogP contribution is 2.18. The lowest BCUT2D eigenvalue weighted by Gasteiger charge is -2.24. The number of aryl methyl sites for hydroxylation is 2. The van der Waals surface area contributed by atoms with Crippen LogP contribution in [0.4, 0.5) is 5.95 Å². The average molecular weight is 385 g/mol. The summed E-state index contributed by atoms with van der Waals surface area (Å²) < 4.78 is 0. The van der Waals surface area contributed by atoms with Crippen LogP contribution < -0.4 is 4.90 Å². The Kier molecular flexibility index (Phi) is 7.14. The predicted molar refractivity (Wildman–Crippen MR) is 103 cm³/mol. The molecule has 0 atom stereocenters. The molecule has 28 heavy (non-hydrogen) atoms. The quantitative estimate of drug-likeness (QED) is 0.761. The molecule has 2 aromatic heterocycles. The summed E-state index contributed by atoms with van der Waals surface area (Å²) in [5, 5.41) is 17.6. The molecule has 2 N–H and O–H groups in total. The van der Waals surface area contributed by atoms with Gasteiger partial charge >= 0.3 is 11.9 Å². The Morgan fingerprint density at radius 1 is 1.11 bits per heavy atom. The van der Waals surface area contributed by atoms with Gasteiger partial charge in [0.2, 0.25) is 5.95 Å². The van der Waals surface area contributed by atoms with Gasteiger partial charge in [0.1, 0.15) is 6.33 Å². The maximum atomic E-state index is 11.2. The molecule has 0 aromatic carbocycles. The zero-order valence-electron chi connectivity index (χ0n) is 16.1. The number of hydrogen-bond acceptors (Lipinski definition) is 7.